The zero-order valence-corrected chi connectivity index (χ0v) is 14.5. The molecular weight excluding hydrogens is 304 g/mol. The van der Waals surface area contributed by atoms with Crippen LogP contribution in [-0.2, 0) is 0 Å². The summed E-state index contributed by atoms with van der Waals surface area (Å²) in [6, 6.07) is 5.36. The highest BCUT2D eigenvalue weighted by molar-refractivity contribution is 5.92. The largest absolute Gasteiger partial charge is 0.338 e. The summed E-state index contributed by atoms with van der Waals surface area (Å²) in [6.07, 6.45) is 7.07. The van der Waals surface area contributed by atoms with Crippen molar-refractivity contribution in [2.24, 2.45) is 5.92 Å². The smallest absolute Gasteiger partial charge is 0.314 e. The average molecular weight is 332 g/mol. The third kappa shape index (κ3) is 5.83. The zero-order chi connectivity index (χ0) is 17.2. The van der Waals surface area contributed by atoms with Gasteiger partial charge in [-0.25, -0.2) is 4.79 Å². The molecule has 0 atom stereocenters. The van der Waals surface area contributed by atoms with Gasteiger partial charge in [-0.1, -0.05) is 18.9 Å². The topological polar surface area (TPSA) is 74.3 Å². The second-order valence-electron chi connectivity index (χ2n) is 6.23. The molecule has 24 heavy (non-hydrogen) atoms. The molecule has 2 rings (SSSR count). The number of aromatic nitrogens is 1. The predicted molar refractivity (Wildman–Crippen MR) is 93.8 cm³/mol. The molecule has 3 amide bonds. The molecule has 1 aromatic rings. The lowest BCUT2D eigenvalue weighted by Crippen LogP contribution is -2.38. The van der Waals surface area contributed by atoms with E-state index in [0.717, 1.165) is 45.3 Å². The summed E-state index contributed by atoms with van der Waals surface area (Å²) in [7, 11) is 0. The second-order valence-corrected chi connectivity index (χ2v) is 6.23. The van der Waals surface area contributed by atoms with Gasteiger partial charge in [0.25, 0.3) is 5.91 Å². The number of carbonyl (C=O) groups excluding carboxylic acids is 2. The van der Waals surface area contributed by atoms with Crippen LogP contribution in [-0.4, -0.2) is 48.0 Å². The van der Waals surface area contributed by atoms with Crippen LogP contribution in [0.2, 0.25) is 0 Å². The Bertz CT molecular complexity index is 513. The molecule has 0 aliphatic carbocycles. The first-order chi connectivity index (χ1) is 11.7. The Balaban J connectivity index is 1.59. The number of nitrogens with one attached hydrogen (secondary N) is 2. The number of amides is 3. The first kappa shape index (κ1) is 18.2. The molecule has 6 heteroatoms. The molecule has 132 valence electrons. The molecule has 0 unspecified atom stereocenters. The summed E-state index contributed by atoms with van der Waals surface area (Å²) < 4.78 is 0. The minimum Gasteiger partial charge on any atom is -0.338 e. The Hall–Kier alpha value is -2.11. The van der Waals surface area contributed by atoms with Gasteiger partial charge in [-0.05, 0) is 44.2 Å². The maximum absolute atomic E-state index is 12.3. The lowest BCUT2D eigenvalue weighted by molar-refractivity contribution is 0.0680. The third-order valence-electron chi connectivity index (χ3n) is 4.45. The van der Waals surface area contributed by atoms with Gasteiger partial charge in [0, 0.05) is 32.4 Å². The summed E-state index contributed by atoms with van der Waals surface area (Å²) >= 11 is 0. The second kappa shape index (κ2) is 9.90. The van der Waals surface area contributed by atoms with Gasteiger partial charge in [0.05, 0.1) is 0 Å². The number of unbranched alkanes of at least 4 members (excludes halogenated alkanes) is 1. The van der Waals surface area contributed by atoms with E-state index in [1.54, 1.807) is 12.3 Å². The number of carbonyl (C=O) groups is 2. The van der Waals surface area contributed by atoms with Gasteiger partial charge in [0.1, 0.15) is 5.69 Å². The highest BCUT2D eigenvalue weighted by Crippen LogP contribution is 2.23. The number of nitrogens with zero attached hydrogens (tertiary/aromatic N) is 2. The molecule has 6 nitrogen and oxygen atoms in total. The zero-order valence-electron chi connectivity index (χ0n) is 14.5. The predicted octanol–water partition coefficient (Wildman–Crippen LogP) is 2.42. The molecule has 1 saturated heterocycles. The Kier molecular flexibility index (Phi) is 7.52. The monoisotopic (exact) mass is 332 g/mol. The summed E-state index contributed by atoms with van der Waals surface area (Å²) in [5.74, 6) is 0.724. The molecule has 1 aromatic heterocycles. The van der Waals surface area contributed by atoms with E-state index in [-0.39, 0.29) is 11.9 Å². The Morgan fingerprint density at radius 1 is 1.21 bits per heavy atom. The fraction of sp³-hybridized carbons (Fsp3) is 0.611. The number of urea groups is 1. The summed E-state index contributed by atoms with van der Waals surface area (Å²) in [5, 5.41) is 5.57. The van der Waals surface area contributed by atoms with Gasteiger partial charge in [0.15, 0.2) is 0 Å². The Morgan fingerprint density at radius 3 is 2.67 bits per heavy atom. The normalized spacial score (nSPS) is 15.1. The van der Waals surface area contributed by atoms with E-state index >= 15 is 0 Å². The van der Waals surface area contributed by atoms with Crippen molar-refractivity contribution in [2.75, 3.05) is 26.2 Å². The highest BCUT2D eigenvalue weighted by atomic mass is 16.2. The van der Waals surface area contributed by atoms with Crippen molar-refractivity contribution in [3.05, 3.63) is 30.1 Å². The fourth-order valence-corrected chi connectivity index (χ4v) is 3.06. The average Bonchev–Trinajstić information content (AvgIpc) is 2.62. The summed E-state index contributed by atoms with van der Waals surface area (Å²) in [5.41, 5.74) is 0.535. The highest BCUT2D eigenvalue weighted by Gasteiger charge is 2.23. The van der Waals surface area contributed by atoms with E-state index in [4.69, 9.17) is 0 Å². The number of likely N-dealkylation sites (tertiary alicyclic amines) is 1. The van der Waals surface area contributed by atoms with Gasteiger partial charge in [0.2, 0.25) is 0 Å². The fourth-order valence-electron chi connectivity index (χ4n) is 3.06. The molecule has 0 spiro atoms. The molecule has 0 saturated carbocycles. The molecule has 2 N–H and O–H groups in total. The van der Waals surface area contributed by atoms with Crippen LogP contribution in [0.3, 0.4) is 0 Å². The number of hydrogen-bond donors (Lipinski definition) is 2. The molecule has 2 heterocycles. The Labute approximate surface area is 144 Å². The van der Waals surface area contributed by atoms with E-state index in [1.807, 2.05) is 24.0 Å². The van der Waals surface area contributed by atoms with Crippen molar-refractivity contribution in [2.45, 2.75) is 39.0 Å². The van der Waals surface area contributed by atoms with E-state index in [2.05, 4.69) is 15.6 Å². The van der Waals surface area contributed by atoms with E-state index in [0.29, 0.717) is 18.2 Å². The molecule has 1 fully saturated rings. The molecule has 0 radical (unpaired) electrons. The van der Waals surface area contributed by atoms with Crippen LogP contribution < -0.4 is 10.6 Å². The van der Waals surface area contributed by atoms with Crippen LogP contribution in [0, 0.1) is 5.92 Å². The SMILES string of the molecule is CCNC(=O)NCCCCC1CCN(C(=O)c2ccccn2)CC1. The van der Waals surface area contributed by atoms with Crippen LogP contribution in [0.1, 0.15) is 49.5 Å². The maximum Gasteiger partial charge on any atom is 0.314 e. The third-order valence-corrected chi connectivity index (χ3v) is 4.45. The van der Waals surface area contributed by atoms with Crippen molar-refractivity contribution in [3.8, 4) is 0 Å². The minimum atomic E-state index is -0.0844. The standard InChI is InChI=1S/C18H28N4O2/c1-2-19-18(24)21-12-5-3-7-15-9-13-22(14-10-15)17(23)16-8-4-6-11-20-16/h4,6,8,11,15H,2-3,5,7,9-10,12-14H2,1H3,(H2,19,21,24). The maximum atomic E-state index is 12.3. The van der Waals surface area contributed by atoms with Crippen LogP contribution >= 0.6 is 0 Å². The molecule has 1 aliphatic heterocycles. The molecule has 0 bridgehead atoms. The number of hydrogen-bond acceptors (Lipinski definition) is 3. The molecule has 1 aliphatic rings. The lowest BCUT2D eigenvalue weighted by atomic mass is 9.91. The van der Waals surface area contributed by atoms with E-state index in [9.17, 15) is 9.59 Å². The van der Waals surface area contributed by atoms with Crippen LogP contribution in [0.4, 0.5) is 4.79 Å². The number of rotatable bonds is 7. The first-order valence-electron chi connectivity index (χ1n) is 8.92. The van der Waals surface area contributed by atoms with Gasteiger partial charge < -0.3 is 15.5 Å². The number of pyridine rings is 1. The van der Waals surface area contributed by atoms with E-state index in [1.165, 1.54) is 6.42 Å². The lowest BCUT2D eigenvalue weighted by Gasteiger charge is -2.31. The van der Waals surface area contributed by atoms with Crippen molar-refractivity contribution >= 4 is 11.9 Å². The molecular formula is C18H28N4O2. The summed E-state index contributed by atoms with van der Waals surface area (Å²) in [6.45, 7) is 4.92. The quantitative estimate of drug-likeness (QED) is 0.753. The van der Waals surface area contributed by atoms with Gasteiger partial charge in [-0.3, -0.25) is 9.78 Å². The first-order valence-corrected chi connectivity index (χ1v) is 8.92. The van der Waals surface area contributed by atoms with Gasteiger partial charge in [-0.15, -0.1) is 0 Å². The van der Waals surface area contributed by atoms with Crippen molar-refractivity contribution in [3.63, 3.8) is 0 Å². The van der Waals surface area contributed by atoms with Crippen molar-refractivity contribution in [1.29, 1.82) is 0 Å². The van der Waals surface area contributed by atoms with Gasteiger partial charge >= 0.3 is 6.03 Å². The van der Waals surface area contributed by atoms with Crippen LogP contribution in [0.25, 0.3) is 0 Å². The van der Waals surface area contributed by atoms with Crippen molar-refractivity contribution < 1.29 is 9.59 Å². The van der Waals surface area contributed by atoms with Crippen LogP contribution in [0.5, 0.6) is 0 Å². The molecule has 0 aromatic carbocycles. The Morgan fingerprint density at radius 2 is 2.00 bits per heavy atom. The summed E-state index contributed by atoms with van der Waals surface area (Å²) in [4.78, 5) is 29.7. The van der Waals surface area contributed by atoms with Crippen molar-refractivity contribution in [1.82, 2.24) is 20.5 Å². The number of piperidine rings is 1. The van der Waals surface area contributed by atoms with Gasteiger partial charge in [-0.2, -0.15) is 0 Å². The van der Waals surface area contributed by atoms with E-state index < -0.39 is 0 Å². The minimum absolute atomic E-state index is 0.0418. The van der Waals surface area contributed by atoms with Crippen LogP contribution in [0.15, 0.2) is 24.4 Å².